The number of carbonyl (C=O) groups excluding carboxylic acids is 2. The molecule has 2 rings (SSSR count). The number of benzene rings is 1. The number of para-hydroxylation sites is 1. The molecule has 1 atom stereocenters. The average Bonchev–Trinajstić information content (AvgIpc) is 2.36. The largest absolute Gasteiger partial charge is 0.469 e. The normalized spacial score (nSPS) is 15.9. The Morgan fingerprint density at radius 2 is 2.12 bits per heavy atom. The summed E-state index contributed by atoms with van der Waals surface area (Å²) in [6.07, 6.45) is 0.302. The fourth-order valence-corrected chi connectivity index (χ4v) is 1.85. The Bertz CT molecular complexity index is 505. The predicted molar refractivity (Wildman–Crippen MR) is 63.4 cm³/mol. The molecule has 0 fully saturated rings. The number of esters is 1. The zero-order valence-electron chi connectivity index (χ0n) is 9.77. The highest BCUT2D eigenvalue weighted by Gasteiger charge is 2.29. The lowest BCUT2D eigenvalue weighted by Gasteiger charge is -2.17. The minimum atomic E-state index is -0.610. The van der Waals surface area contributed by atoms with Crippen LogP contribution in [0.4, 0.5) is 5.69 Å². The lowest BCUT2D eigenvalue weighted by Crippen LogP contribution is -2.31. The molecule has 17 heavy (non-hydrogen) atoms. The first kappa shape index (κ1) is 11.5. The summed E-state index contributed by atoms with van der Waals surface area (Å²) in [5, 5.41) is 0. The SMILES string of the molecule is COC(=O)C(C)C1=Nc2ccccc2CC1=O. The molecule has 1 aromatic carbocycles. The minimum Gasteiger partial charge on any atom is -0.469 e. The zero-order chi connectivity index (χ0) is 12.4. The van der Waals surface area contributed by atoms with Crippen molar-refractivity contribution in [2.75, 3.05) is 7.11 Å². The summed E-state index contributed by atoms with van der Waals surface area (Å²) in [4.78, 5) is 27.6. The zero-order valence-corrected chi connectivity index (χ0v) is 9.77. The van der Waals surface area contributed by atoms with E-state index < -0.39 is 11.9 Å². The molecular weight excluding hydrogens is 218 g/mol. The number of aliphatic imine (C=N–C) groups is 1. The quantitative estimate of drug-likeness (QED) is 0.728. The molecule has 88 valence electrons. The van der Waals surface area contributed by atoms with Gasteiger partial charge in [-0.3, -0.25) is 9.59 Å². The monoisotopic (exact) mass is 231 g/mol. The van der Waals surface area contributed by atoms with Gasteiger partial charge in [-0.2, -0.15) is 0 Å². The molecule has 1 aromatic rings. The number of carbonyl (C=O) groups is 2. The first-order chi connectivity index (χ1) is 8.13. The van der Waals surface area contributed by atoms with Crippen LogP contribution in [0, 0.1) is 5.92 Å². The molecule has 4 nitrogen and oxygen atoms in total. The molecule has 1 aliphatic heterocycles. The number of hydrogen-bond donors (Lipinski definition) is 0. The Morgan fingerprint density at radius 3 is 2.82 bits per heavy atom. The second kappa shape index (κ2) is 4.49. The van der Waals surface area contributed by atoms with Crippen LogP contribution in [-0.4, -0.2) is 24.6 Å². The van der Waals surface area contributed by atoms with E-state index in [1.807, 2.05) is 24.3 Å². The van der Waals surface area contributed by atoms with E-state index in [4.69, 9.17) is 0 Å². The number of ketones is 1. The van der Waals surface area contributed by atoms with E-state index in [1.165, 1.54) is 7.11 Å². The lowest BCUT2D eigenvalue weighted by atomic mass is 9.93. The van der Waals surface area contributed by atoms with E-state index in [2.05, 4.69) is 9.73 Å². The topological polar surface area (TPSA) is 55.7 Å². The molecule has 0 radical (unpaired) electrons. The Labute approximate surface area is 99.3 Å². The standard InChI is InChI=1S/C13H13NO3/c1-8(13(16)17-2)12-11(15)7-9-5-3-4-6-10(9)14-12/h3-6,8H,7H2,1-2H3. The Hall–Kier alpha value is -1.97. The van der Waals surface area contributed by atoms with Crippen molar-refractivity contribution >= 4 is 23.2 Å². The van der Waals surface area contributed by atoms with Crippen LogP contribution in [0.1, 0.15) is 12.5 Å². The molecule has 1 unspecified atom stereocenters. The number of hydrogen-bond acceptors (Lipinski definition) is 4. The maximum absolute atomic E-state index is 11.9. The molecule has 1 aliphatic rings. The van der Waals surface area contributed by atoms with Gasteiger partial charge in [-0.15, -0.1) is 0 Å². The van der Waals surface area contributed by atoms with E-state index in [-0.39, 0.29) is 11.5 Å². The third-order valence-corrected chi connectivity index (χ3v) is 2.83. The van der Waals surface area contributed by atoms with Crippen molar-refractivity contribution in [3.63, 3.8) is 0 Å². The smallest absolute Gasteiger partial charge is 0.314 e. The van der Waals surface area contributed by atoms with Crippen LogP contribution >= 0.6 is 0 Å². The van der Waals surface area contributed by atoms with Gasteiger partial charge in [0.2, 0.25) is 0 Å². The number of fused-ring (bicyclic) bond motifs is 1. The highest BCUT2D eigenvalue weighted by molar-refractivity contribution is 6.45. The van der Waals surface area contributed by atoms with Crippen molar-refractivity contribution in [2.24, 2.45) is 10.9 Å². The summed E-state index contributed by atoms with van der Waals surface area (Å²) in [5.74, 6) is -1.15. The van der Waals surface area contributed by atoms with E-state index in [0.29, 0.717) is 6.42 Å². The van der Waals surface area contributed by atoms with E-state index >= 15 is 0 Å². The molecule has 1 heterocycles. The summed E-state index contributed by atoms with van der Waals surface area (Å²) >= 11 is 0. The highest BCUT2D eigenvalue weighted by Crippen LogP contribution is 2.26. The highest BCUT2D eigenvalue weighted by atomic mass is 16.5. The van der Waals surface area contributed by atoms with Gasteiger partial charge in [-0.05, 0) is 18.6 Å². The van der Waals surface area contributed by atoms with Crippen LogP contribution in [0.15, 0.2) is 29.3 Å². The van der Waals surface area contributed by atoms with Crippen LogP contribution in [0.5, 0.6) is 0 Å². The van der Waals surface area contributed by atoms with Gasteiger partial charge in [0.25, 0.3) is 0 Å². The van der Waals surface area contributed by atoms with Crippen LogP contribution in [0.25, 0.3) is 0 Å². The van der Waals surface area contributed by atoms with Crippen LogP contribution in [-0.2, 0) is 20.7 Å². The van der Waals surface area contributed by atoms with Gasteiger partial charge in [0.05, 0.1) is 24.4 Å². The third kappa shape index (κ3) is 2.11. The molecule has 0 saturated carbocycles. The molecule has 0 spiro atoms. The first-order valence-corrected chi connectivity index (χ1v) is 5.41. The fraction of sp³-hybridized carbons (Fsp3) is 0.308. The molecule has 0 bridgehead atoms. The summed E-state index contributed by atoms with van der Waals surface area (Å²) < 4.78 is 4.63. The summed E-state index contributed by atoms with van der Waals surface area (Å²) in [7, 11) is 1.31. The van der Waals surface area contributed by atoms with Gasteiger partial charge >= 0.3 is 5.97 Å². The van der Waals surface area contributed by atoms with Crippen molar-refractivity contribution < 1.29 is 14.3 Å². The maximum Gasteiger partial charge on any atom is 0.314 e. The molecular formula is C13H13NO3. The van der Waals surface area contributed by atoms with Gasteiger partial charge in [-0.25, -0.2) is 4.99 Å². The van der Waals surface area contributed by atoms with E-state index in [1.54, 1.807) is 6.92 Å². The maximum atomic E-state index is 11.9. The van der Waals surface area contributed by atoms with Crippen LogP contribution in [0.2, 0.25) is 0 Å². The van der Waals surface area contributed by atoms with Crippen molar-refractivity contribution in [3.05, 3.63) is 29.8 Å². The number of ether oxygens (including phenoxy) is 1. The number of methoxy groups -OCH3 is 1. The van der Waals surface area contributed by atoms with E-state index in [9.17, 15) is 9.59 Å². The van der Waals surface area contributed by atoms with Gasteiger partial charge in [0, 0.05) is 6.42 Å². The van der Waals surface area contributed by atoms with Crippen LogP contribution in [0.3, 0.4) is 0 Å². The van der Waals surface area contributed by atoms with Crippen molar-refractivity contribution in [2.45, 2.75) is 13.3 Å². The van der Waals surface area contributed by atoms with Gasteiger partial charge in [0.15, 0.2) is 5.78 Å². The van der Waals surface area contributed by atoms with Crippen LogP contribution < -0.4 is 0 Å². The fourth-order valence-electron chi connectivity index (χ4n) is 1.85. The molecule has 0 amide bonds. The summed E-state index contributed by atoms with van der Waals surface area (Å²) in [6.45, 7) is 1.64. The summed E-state index contributed by atoms with van der Waals surface area (Å²) in [5.41, 5.74) is 1.95. The lowest BCUT2D eigenvalue weighted by molar-refractivity contribution is -0.142. The molecule has 4 heteroatoms. The average molecular weight is 231 g/mol. The number of rotatable bonds is 2. The predicted octanol–water partition coefficient (Wildman–Crippen LogP) is 1.69. The Kier molecular flexibility index (Phi) is 3.04. The Morgan fingerprint density at radius 1 is 1.41 bits per heavy atom. The molecule has 0 aromatic heterocycles. The minimum absolute atomic E-state index is 0.110. The molecule has 0 aliphatic carbocycles. The molecule has 0 saturated heterocycles. The van der Waals surface area contributed by atoms with Crippen molar-refractivity contribution in [1.29, 1.82) is 0 Å². The van der Waals surface area contributed by atoms with Gasteiger partial charge in [0.1, 0.15) is 0 Å². The van der Waals surface area contributed by atoms with Crippen molar-refractivity contribution in [1.82, 2.24) is 0 Å². The van der Waals surface area contributed by atoms with Crippen molar-refractivity contribution in [3.8, 4) is 0 Å². The van der Waals surface area contributed by atoms with Gasteiger partial charge in [-0.1, -0.05) is 18.2 Å². The third-order valence-electron chi connectivity index (χ3n) is 2.83. The van der Waals surface area contributed by atoms with Gasteiger partial charge < -0.3 is 4.74 Å². The molecule has 0 N–H and O–H groups in total. The second-order valence-electron chi connectivity index (χ2n) is 3.97. The van der Waals surface area contributed by atoms with E-state index in [0.717, 1.165) is 11.3 Å². The number of nitrogens with zero attached hydrogens (tertiary/aromatic N) is 1. The number of Topliss-reactive ketones (excluding diaryl/α,β-unsaturated/α-hetero) is 1. The second-order valence-corrected chi connectivity index (χ2v) is 3.97. The Balaban J connectivity index is 2.39. The first-order valence-electron chi connectivity index (χ1n) is 5.41. The summed E-state index contributed by atoms with van der Waals surface area (Å²) in [6, 6.07) is 7.44.